The first-order valence-electron chi connectivity index (χ1n) is 12.0. The van der Waals surface area contributed by atoms with Crippen molar-refractivity contribution in [3.05, 3.63) is 97.1 Å². The van der Waals surface area contributed by atoms with E-state index < -0.39 is 19.7 Å². The fourth-order valence-corrected chi connectivity index (χ4v) is 6.13. The maximum absolute atomic E-state index is 12.8. The number of methoxy groups -OCH3 is 1. The number of phenolic OH excluding ortho intramolecular Hbond substituents is 2. The largest absolute Gasteiger partial charge is 0.508 e. The zero-order valence-electron chi connectivity index (χ0n) is 21.6. The average molecular weight is 608 g/mol. The molecule has 0 spiro atoms. The van der Waals surface area contributed by atoms with Gasteiger partial charge in [-0.05, 0) is 97.1 Å². The number of phenols is 2. The van der Waals surface area contributed by atoms with Crippen molar-refractivity contribution in [1.82, 2.24) is 15.0 Å². The van der Waals surface area contributed by atoms with E-state index >= 15 is 0 Å². The first-order chi connectivity index (χ1) is 20.0. The lowest BCUT2D eigenvalue weighted by Crippen LogP contribution is -2.03. The normalized spacial score (nSPS) is 11.5. The van der Waals surface area contributed by atoms with Crippen LogP contribution in [0.3, 0.4) is 0 Å². The second-order valence-corrected chi connectivity index (χ2v) is 12.4. The van der Waals surface area contributed by atoms with Crippen LogP contribution in [0.25, 0.3) is 0 Å². The molecule has 0 radical (unpaired) electrons. The number of nitrogens with zero attached hydrogens (tertiary/aromatic N) is 3. The lowest BCUT2D eigenvalue weighted by atomic mass is 10.3. The van der Waals surface area contributed by atoms with Gasteiger partial charge in [-0.2, -0.15) is 0 Å². The third-order valence-corrected chi connectivity index (χ3v) is 9.31. The van der Waals surface area contributed by atoms with E-state index in [2.05, 4.69) is 15.0 Å². The fraction of sp³-hybridized carbons (Fsp3) is 0.0357. The minimum Gasteiger partial charge on any atom is -0.508 e. The van der Waals surface area contributed by atoms with E-state index in [0.717, 1.165) is 0 Å². The molecule has 4 aromatic carbocycles. The Bertz CT molecular complexity index is 1790. The fourth-order valence-electron chi connectivity index (χ4n) is 3.61. The third-order valence-electron chi connectivity index (χ3n) is 5.74. The molecule has 0 aliphatic heterocycles. The van der Waals surface area contributed by atoms with Gasteiger partial charge in [-0.1, -0.05) is 0 Å². The van der Waals surface area contributed by atoms with Crippen molar-refractivity contribution in [3.63, 3.8) is 0 Å². The smallest absolute Gasteiger partial charge is 0.331 e. The molecule has 12 nitrogen and oxygen atoms in total. The Hall–Kier alpha value is -5.21. The number of hydrogen-bond donors (Lipinski definition) is 2. The molecule has 0 aliphatic carbocycles. The molecule has 1 heterocycles. The molecular formula is C28H21N3O9S2. The second-order valence-electron chi connectivity index (χ2n) is 8.53. The summed E-state index contributed by atoms with van der Waals surface area (Å²) in [6, 6.07) is 20.8. The van der Waals surface area contributed by atoms with Crippen molar-refractivity contribution in [2.24, 2.45) is 0 Å². The molecular weight excluding hydrogens is 586 g/mol. The van der Waals surface area contributed by atoms with Gasteiger partial charge in [0.2, 0.25) is 19.7 Å². The molecule has 0 saturated carbocycles. The minimum atomic E-state index is -3.82. The van der Waals surface area contributed by atoms with Gasteiger partial charge in [0.25, 0.3) is 0 Å². The van der Waals surface area contributed by atoms with Crippen LogP contribution >= 0.6 is 0 Å². The zero-order chi connectivity index (χ0) is 29.9. The molecule has 2 N–H and O–H groups in total. The van der Waals surface area contributed by atoms with E-state index in [1.165, 1.54) is 104 Å². The predicted molar refractivity (Wildman–Crippen MR) is 147 cm³/mol. The van der Waals surface area contributed by atoms with E-state index in [0.29, 0.717) is 0 Å². The van der Waals surface area contributed by atoms with Crippen molar-refractivity contribution in [2.75, 3.05) is 7.11 Å². The van der Waals surface area contributed by atoms with Gasteiger partial charge in [0.05, 0.1) is 26.7 Å². The molecule has 0 aliphatic rings. The van der Waals surface area contributed by atoms with Crippen molar-refractivity contribution in [3.8, 4) is 41.0 Å². The van der Waals surface area contributed by atoms with Gasteiger partial charge in [0.1, 0.15) is 23.0 Å². The Labute approximate surface area is 240 Å². The summed E-state index contributed by atoms with van der Waals surface area (Å²) >= 11 is 0. The van der Waals surface area contributed by atoms with Gasteiger partial charge >= 0.3 is 18.0 Å². The van der Waals surface area contributed by atoms with Crippen LogP contribution in [-0.4, -0.2) is 49.1 Å². The summed E-state index contributed by atoms with van der Waals surface area (Å²) in [5.74, 6) is 0.319. The molecule has 0 fully saturated rings. The molecule has 0 unspecified atom stereocenters. The summed E-state index contributed by atoms with van der Waals surface area (Å²) in [4.78, 5) is 12.2. The highest BCUT2D eigenvalue weighted by molar-refractivity contribution is 7.91. The van der Waals surface area contributed by atoms with Crippen LogP contribution < -0.4 is 14.2 Å². The second kappa shape index (κ2) is 11.3. The van der Waals surface area contributed by atoms with Crippen LogP contribution in [0.1, 0.15) is 0 Å². The number of aromatic nitrogens is 3. The first kappa shape index (κ1) is 28.3. The van der Waals surface area contributed by atoms with Crippen LogP contribution in [0.15, 0.2) is 117 Å². The summed E-state index contributed by atoms with van der Waals surface area (Å²) in [7, 11) is -6.32. The standard InChI is InChI=1S/C28H21N3O9S2/c1-38-26-29-27(39-20-6-14-24(15-7-20)41(34,35)22-10-2-18(32)3-11-22)31-28(30-26)40-21-8-16-25(17-9-21)42(36,37)23-12-4-19(33)5-13-23/h2-17,32-33H,1H3. The zero-order valence-corrected chi connectivity index (χ0v) is 23.3. The van der Waals surface area contributed by atoms with Gasteiger partial charge in [0, 0.05) is 0 Å². The number of aromatic hydroxyl groups is 2. The quantitative estimate of drug-likeness (QED) is 0.240. The Kier molecular flexibility index (Phi) is 7.65. The SMILES string of the molecule is COc1nc(Oc2ccc(S(=O)(=O)c3ccc(O)cc3)cc2)nc(Oc2ccc(S(=O)(=O)c3ccc(O)cc3)cc2)n1. The molecule has 0 saturated heterocycles. The molecule has 1 aromatic heterocycles. The molecule has 0 amide bonds. The number of sulfone groups is 2. The summed E-state index contributed by atoms with van der Waals surface area (Å²) in [5, 5.41) is 18.8. The molecule has 0 bridgehead atoms. The van der Waals surface area contributed by atoms with Gasteiger partial charge in [0.15, 0.2) is 0 Å². The van der Waals surface area contributed by atoms with E-state index in [1.807, 2.05) is 0 Å². The number of hydrogen-bond acceptors (Lipinski definition) is 12. The summed E-state index contributed by atoms with van der Waals surface area (Å²) in [6.07, 6.45) is 0. The number of rotatable bonds is 9. The number of benzene rings is 4. The van der Waals surface area contributed by atoms with Crippen LogP contribution in [0.2, 0.25) is 0 Å². The van der Waals surface area contributed by atoms with Gasteiger partial charge in [-0.3, -0.25) is 0 Å². The Morgan fingerprint density at radius 2 is 0.762 bits per heavy atom. The van der Waals surface area contributed by atoms with E-state index in [-0.39, 0.29) is 60.6 Å². The van der Waals surface area contributed by atoms with Crippen LogP contribution in [0.5, 0.6) is 41.0 Å². The minimum absolute atomic E-state index is 0.00802. The van der Waals surface area contributed by atoms with E-state index in [4.69, 9.17) is 14.2 Å². The highest BCUT2D eigenvalue weighted by Gasteiger charge is 2.20. The Morgan fingerprint density at radius 1 is 0.476 bits per heavy atom. The van der Waals surface area contributed by atoms with Gasteiger partial charge in [-0.25, -0.2) is 16.8 Å². The molecule has 42 heavy (non-hydrogen) atoms. The van der Waals surface area contributed by atoms with Crippen molar-refractivity contribution < 1.29 is 41.3 Å². The summed E-state index contributed by atoms with van der Waals surface area (Å²) in [6.45, 7) is 0. The van der Waals surface area contributed by atoms with Crippen LogP contribution in [0.4, 0.5) is 0 Å². The highest BCUT2D eigenvalue weighted by atomic mass is 32.2. The van der Waals surface area contributed by atoms with E-state index in [1.54, 1.807) is 0 Å². The Morgan fingerprint density at radius 3 is 1.07 bits per heavy atom. The molecule has 214 valence electrons. The molecule has 14 heteroatoms. The van der Waals surface area contributed by atoms with Gasteiger partial charge < -0.3 is 24.4 Å². The molecule has 5 rings (SSSR count). The monoisotopic (exact) mass is 607 g/mol. The number of ether oxygens (including phenoxy) is 3. The topological polar surface area (TPSA) is 175 Å². The lowest BCUT2D eigenvalue weighted by Gasteiger charge is -2.10. The van der Waals surface area contributed by atoms with Crippen LogP contribution in [0, 0.1) is 0 Å². The van der Waals surface area contributed by atoms with Crippen molar-refractivity contribution in [1.29, 1.82) is 0 Å². The summed E-state index contributed by atoms with van der Waals surface area (Å²) in [5.41, 5.74) is 0. The maximum Gasteiger partial charge on any atom is 0.331 e. The highest BCUT2D eigenvalue weighted by Crippen LogP contribution is 2.29. The third kappa shape index (κ3) is 6.09. The predicted octanol–water partition coefficient (Wildman–Crippen LogP) is 4.54. The van der Waals surface area contributed by atoms with Gasteiger partial charge in [-0.15, -0.1) is 15.0 Å². The Balaban J connectivity index is 1.32. The van der Waals surface area contributed by atoms with Crippen LogP contribution in [-0.2, 0) is 19.7 Å². The first-order valence-corrected chi connectivity index (χ1v) is 15.0. The van der Waals surface area contributed by atoms with Crippen molar-refractivity contribution >= 4 is 19.7 Å². The van der Waals surface area contributed by atoms with Crippen molar-refractivity contribution in [2.45, 2.75) is 19.6 Å². The summed E-state index contributed by atoms with van der Waals surface area (Å²) < 4.78 is 67.8. The molecule has 5 aromatic rings. The molecule has 0 atom stereocenters. The maximum atomic E-state index is 12.8. The lowest BCUT2D eigenvalue weighted by molar-refractivity contribution is 0.336. The van der Waals surface area contributed by atoms with E-state index in [9.17, 15) is 27.0 Å². The average Bonchev–Trinajstić information content (AvgIpc) is 2.98.